The Balaban J connectivity index is 1.41. The van der Waals surface area contributed by atoms with Gasteiger partial charge in [-0.1, -0.05) is 23.8 Å². The molecule has 0 aromatic heterocycles. The first-order valence-electron chi connectivity index (χ1n) is 11.4. The molecule has 1 saturated heterocycles. The SMILES string of the molecule is Cc1ccc2c(c1)Oc1ccc(C)cc1C(N1CCN(C(=O)Nc3cccc(F)c3)[C@H](C)C1)=N2. The van der Waals surface area contributed by atoms with Crippen LogP contribution in [0.1, 0.15) is 23.6 Å². The summed E-state index contributed by atoms with van der Waals surface area (Å²) in [6, 6.07) is 17.8. The number of amides is 2. The van der Waals surface area contributed by atoms with E-state index in [0.29, 0.717) is 25.3 Å². The summed E-state index contributed by atoms with van der Waals surface area (Å²) in [4.78, 5) is 21.9. The number of carbonyl (C=O) groups is 1. The normalized spacial score (nSPS) is 17.2. The molecule has 0 radical (unpaired) electrons. The van der Waals surface area contributed by atoms with E-state index in [1.54, 1.807) is 17.0 Å². The largest absolute Gasteiger partial charge is 0.454 e. The molecule has 3 aromatic rings. The number of piperazine rings is 1. The molecule has 0 unspecified atom stereocenters. The molecule has 7 heteroatoms. The molecule has 0 aliphatic carbocycles. The number of nitrogens with zero attached hydrogens (tertiary/aromatic N) is 3. The number of fused-ring (bicyclic) bond motifs is 2. The van der Waals surface area contributed by atoms with Crippen LogP contribution in [0.15, 0.2) is 65.7 Å². The number of ether oxygens (including phenoxy) is 1. The Kier molecular flexibility index (Phi) is 5.69. The van der Waals surface area contributed by atoms with Crippen molar-refractivity contribution in [2.24, 2.45) is 4.99 Å². The van der Waals surface area contributed by atoms with Gasteiger partial charge < -0.3 is 19.9 Å². The quantitative estimate of drug-likeness (QED) is 0.497. The highest BCUT2D eigenvalue weighted by Crippen LogP contribution is 2.39. The van der Waals surface area contributed by atoms with Crippen molar-refractivity contribution in [1.82, 2.24) is 9.80 Å². The zero-order chi connectivity index (χ0) is 23.8. The number of halogens is 1. The minimum absolute atomic E-state index is 0.0695. The first-order chi connectivity index (χ1) is 16.4. The van der Waals surface area contributed by atoms with Crippen LogP contribution >= 0.6 is 0 Å². The maximum Gasteiger partial charge on any atom is 0.322 e. The van der Waals surface area contributed by atoms with Crippen molar-refractivity contribution < 1.29 is 13.9 Å². The summed E-state index contributed by atoms with van der Waals surface area (Å²) < 4.78 is 19.8. The topological polar surface area (TPSA) is 57.2 Å². The van der Waals surface area contributed by atoms with Crippen LogP contribution < -0.4 is 10.1 Å². The van der Waals surface area contributed by atoms with Gasteiger partial charge in [-0.15, -0.1) is 0 Å². The van der Waals surface area contributed by atoms with Gasteiger partial charge in [0.25, 0.3) is 0 Å². The lowest BCUT2D eigenvalue weighted by molar-refractivity contribution is 0.145. The number of carbonyl (C=O) groups excluding carboxylic acids is 1. The molecule has 3 aromatic carbocycles. The number of amidine groups is 1. The van der Waals surface area contributed by atoms with Gasteiger partial charge in [-0.3, -0.25) is 0 Å². The average Bonchev–Trinajstić information content (AvgIpc) is 2.95. The Morgan fingerprint density at radius 1 is 1.03 bits per heavy atom. The maximum atomic E-state index is 13.5. The summed E-state index contributed by atoms with van der Waals surface area (Å²) in [6.07, 6.45) is 0. The van der Waals surface area contributed by atoms with E-state index in [1.165, 1.54) is 12.1 Å². The lowest BCUT2D eigenvalue weighted by Crippen LogP contribution is -2.56. The fraction of sp³-hybridized carbons (Fsp3) is 0.259. The molecule has 34 heavy (non-hydrogen) atoms. The van der Waals surface area contributed by atoms with Gasteiger partial charge >= 0.3 is 6.03 Å². The Morgan fingerprint density at radius 3 is 2.62 bits per heavy atom. The van der Waals surface area contributed by atoms with Crippen molar-refractivity contribution in [3.05, 3.63) is 83.2 Å². The van der Waals surface area contributed by atoms with E-state index in [-0.39, 0.29) is 17.9 Å². The fourth-order valence-electron chi connectivity index (χ4n) is 4.45. The average molecular weight is 459 g/mol. The second kappa shape index (κ2) is 8.82. The number of hydrogen-bond acceptors (Lipinski definition) is 4. The van der Waals surface area contributed by atoms with Crippen molar-refractivity contribution in [3.8, 4) is 11.5 Å². The van der Waals surface area contributed by atoms with Crippen molar-refractivity contribution >= 4 is 23.2 Å². The number of aliphatic imine (C=N–C) groups is 1. The van der Waals surface area contributed by atoms with E-state index in [0.717, 1.165) is 39.7 Å². The number of urea groups is 1. The van der Waals surface area contributed by atoms with Gasteiger partial charge in [0.1, 0.15) is 23.1 Å². The Bertz CT molecular complexity index is 1290. The van der Waals surface area contributed by atoms with E-state index in [4.69, 9.17) is 9.73 Å². The van der Waals surface area contributed by atoms with Gasteiger partial charge in [-0.2, -0.15) is 0 Å². The first kappa shape index (κ1) is 21.9. The molecule has 5 rings (SSSR count). The van der Waals surface area contributed by atoms with Gasteiger partial charge in [-0.05, 0) is 68.8 Å². The van der Waals surface area contributed by atoms with Gasteiger partial charge in [0, 0.05) is 31.4 Å². The van der Waals surface area contributed by atoms with Crippen LogP contribution in [-0.4, -0.2) is 47.3 Å². The van der Waals surface area contributed by atoms with Crippen LogP contribution in [-0.2, 0) is 0 Å². The monoisotopic (exact) mass is 458 g/mol. The van der Waals surface area contributed by atoms with Gasteiger partial charge in [0.15, 0.2) is 5.75 Å². The molecular weight excluding hydrogens is 431 g/mol. The molecule has 1 fully saturated rings. The van der Waals surface area contributed by atoms with E-state index in [2.05, 4.69) is 23.2 Å². The second-order valence-electron chi connectivity index (χ2n) is 8.94. The zero-order valence-corrected chi connectivity index (χ0v) is 19.5. The van der Waals surface area contributed by atoms with E-state index >= 15 is 0 Å². The lowest BCUT2D eigenvalue weighted by Gasteiger charge is -2.41. The van der Waals surface area contributed by atoms with Crippen molar-refractivity contribution in [2.75, 3.05) is 25.0 Å². The predicted molar refractivity (Wildman–Crippen MR) is 132 cm³/mol. The molecule has 0 bridgehead atoms. The second-order valence-corrected chi connectivity index (χ2v) is 8.94. The number of anilines is 1. The molecule has 1 atom stereocenters. The van der Waals surface area contributed by atoms with Crippen LogP contribution in [0.2, 0.25) is 0 Å². The molecule has 0 saturated carbocycles. The summed E-state index contributed by atoms with van der Waals surface area (Å²) in [7, 11) is 0. The van der Waals surface area contributed by atoms with Crippen molar-refractivity contribution in [3.63, 3.8) is 0 Å². The van der Waals surface area contributed by atoms with Crippen LogP contribution in [0.5, 0.6) is 11.5 Å². The summed E-state index contributed by atoms with van der Waals surface area (Å²) >= 11 is 0. The third-order valence-corrected chi connectivity index (χ3v) is 6.20. The van der Waals surface area contributed by atoms with Crippen LogP contribution in [0.4, 0.5) is 20.6 Å². The molecule has 2 aliphatic rings. The molecule has 174 valence electrons. The van der Waals surface area contributed by atoms with Gasteiger partial charge in [0.05, 0.1) is 5.56 Å². The molecule has 1 N–H and O–H groups in total. The minimum Gasteiger partial charge on any atom is -0.454 e. The summed E-state index contributed by atoms with van der Waals surface area (Å²) in [5.74, 6) is 1.97. The summed E-state index contributed by atoms with van der Waals surface area (Å²) in [5, 5.41) is 2.81. The van der Waals surface area contributed by atoms with E-state index < -0.39 is 0 Å². The summed E-state index contributed by atoms with van der Waals surface area (Å²) in [6.45, 7) is 7.85. The van der Waals surface area contributed by atoms with E-state index in [9.17, 15) is 9.18 Å². The van der Waals surface area contributed by atoms with Crippen LogP contribution in [0.25, 0.3) is 0 Å². The molecule has 2 amide bonds. The summed E-state index contributed by atoms with van der Waals surface area (Å²) in [5.41, 5.74) is 4.41. The third kappa shape index (κ3) is 4.33. The smallest absolute Gasteiger partial charge is 0.322 e. The van der Waals surface area contributed by atoms with E-state index in [1.807, 2.05) is 44.2 Å². The zero-order valence-electron chi connectivity index (χ0n) is 19.5. The number of aryl methyl sites for hydroxylation is 2. The molecule has 2 aliphatic heterocycles. The first-order valence-corrected chi connectivity index (χ1v) is 11.4. The molecular formula is C27H27FN4O2. The predicted octanol–water partition coefficient (Wildman–Crippen LogP) is 5.86. The highest BCUT2D eigenvalue weighted by atomic mass is 19.1. The van der Waals surface area contributed by atoms with Crippen molar-refractivity contribution in [2.45, 2.75) is 26.8 Å². The Morgan fingerprint density at radius 2 is 1.82 bits per heavy atom. The third-order valence-electron chi connectivity index (χ3n) is 6.20. The van der Waals surface area contributed by atoms with Crippen LogP contribution in [0.3, 0.4) is 0 Å². The Hall–Kier alpha value is -3.87. The lowest BCUT2D eigenvalue weighted by atomic mass is 10.1. The minimum atomic E-state index is -0.381. The molecule has 6 nitrogen and oxygen atoms in total. The standard InChI is InChI=1S/C27H27FN4O2/c1-17-8-10-24-22(13-17)26(30-23-9-7-18(2)14-25(23)34-24)31-11-12-32(19(3)16-31)27(33)29-21-6-4-5-20(28)15-21/h4-10,13-15,19H,11-12,16H2,1-3H3,(H,29,33)/t19-/m1/s1. The molecule has 2 heterocycles. The highest BCUT2D eigenvalue weighted by Gasteiger charge is 2.31. The number of nitrogens with one attached hydrogen (secondary N) is 1. The molecule has 0 spiro atoms. The van der Waals surface area contributed by atoms with Crippen molar-refractivity contribution in [1.29, 1.82) is 0 Å². The number of benzene rings is 3. The highest BCUT2D eigenvalue weighted by molar-refractivity contribution is 6.04. The van der Waals surface area contributed by atoms with Gasteiger partial charge in [-0.25, -0.2) is 14.2 Å². The van der Waals surface area contributed by atoms with Crippen LogP contribution in [0, 0.1) is 19.7 Å². The maximum absolute atomic E-state index is 13.5. The van der Waals surface area contributed by atoms with Gasteiger partial charge in [0.2, 0.25) is 0 Å². The number of hydrogen-bond donors (Lipinski definition) is 1. The number of rotatable bonds is 1. The Labute approximate surface area is 198 Å². The fourth-order valence-corrected chi connectivity index (χ4v) is 4.45.